The zero-order valence-corrected chi connectivity index (χ0v) is 12.3. The van der Waals surface area contributed by atoms with Gasteiger partial charge in [0.1, 0.15) is 6.61 Å². The molecule has 1 aromatic rings. The summed E-state index contributed by atoms with van der Waals surface area (Å²) in [5.41, 5.74) is 0.818. The van der Waals surface area contributed by atoms with Crippen LogP contribution >= 0.6 is 0 Å². The average molecular weight is 322 g/mol. The van der Waals surface area contributed by atoms with Crippen molar-refractivity contribution in [3.05, 3.63) is 35.9 Å². The maximum absolute atomic E-state index is 11.8. The first-order valence-corrected chi connectivity index (χ1v) is 7.15. The summed E-state index contributed by atoms with van der Waals surface area (Å²) in [7, 11) is 0. The minimum absolute atomic E-state index is 0.0817. The number of carbonyl (C=O) groups is 3. The lowest BCUT2D eigenvalue weighted by Crippen LogP contribution is -2.54. The minimum Gasteiger partial charge on any atom is -0.481 e. The van der Waals surface area contributed by atoms with Crippen molar-refractivity contribution in [1.82, 2.24) is 10.2 Å². The van der Waals surface area contributed by atoms with Crippen molar-refractivity contribution in [3.8, 4) is 0 Å². The van der Waals surface area contributed by atoms with Gasteiger partial charge in [0.15, 0.2) is 0 Å². The highest BCUT2D eigenvalue weighted by molar-refractivity contribution is 5.75. The number of nitrogens with one attached hydrogen (secondary N) is 1. The summed E-state index contributed by atoms with van der Waals surface area (Å²) in [5, 5.41) is 20.7. The molecular weight excluding hydrogens is 304 g/mol. The monoisotopic (exact) mass is 322 g/mol. The van der Waals surface area contributed by atoms with Gasteiger partial charge in [-0.1, -0.05) is 30.3 Å². The third kappa shape index (κ3) is 4.60. The van der Waals surface area contributed by atoms with Crippen LogP contribution in [0.4, 0.5) is 9.59 Å². The van der Waals surface area contributed by atoms with E-state index in [1.54, 1.807) is 12.1 Å². The van der Waals surface area contributed by atoms with E-state index in [4.69, 9.17) is 9.84 Å². The van der Waals surface area contributed by atoms with Gasteiger partial charge in [0.05, 0.1) is 5.92 Å². The first-order valence-electron chi connectivity index (χ1n) is 7.15. The maximum Gasteiger partial charge on any atom is 0.407 e. The molecule has 1 heterocycles. The second kappa shape index (κ2) is 7.48. The second-order valence-electron chi connectivity index (χ2n) is 5.27. The molecule has 124 valence electrons. The van der Waals surface area contributed by atoms with Crippen LogP contribution in [0.2, 0.25) is 0 Å². The van der Waals surface area contributed by atoms with Gasteiger partial charge in [-0.25, -0.2) is 9.59 Å². The standard InChI is InChI=1S/C15H18N2O6/c18-13(19)11-8-17(15(21)22)7-6-12(11)16-14(20)23-9-10-4-2-1-3-5-10/h1-5,11-12H,6-9H2,(H,16,20)(H,18,19)(H,21,22)/t11-,12-/m0/s1. The van der Waals surface area contributed by atoms with Gasteiger partial charge < -0.3 is 25.2 Å². The van der Waals surface area contributed by atoms with Crippen molar-refractivity contribution in [2.24, 2.45) is 5.92 Å². The fraction of sp³-hybridized carbons (Fsp3) is 0.400. The fourth-order valence-corrected chi connectivity index (χ4v) is 2.46. The van der Waals surface area contributed by atoms with Gasteiger partial charge in [-0.3, -0.25) is 4.79 Å². The Kier molecular flexibility index (Phi) is 5.40. The number of hydrogen-bond donors (Lipinski definition) is 3. The molecule has 0 unspecified atom stereocenters. The number of benzene rings is 1. The number of likely N-dealkylation sites (tertiary alicyclic amines) is 1. The normalized spacial score (nSPS) is 20.6. The van der Waals surface area contributed by atoms with Crippen LogP contribution in [0.25, 0.3) is 0 Å². The SMILES string of the molecule is O=C(N[C@H]1CCN(C(=O)O)C[C@@H]1C(=O)O)OCc1ccccc1. The molecule has 2 atom stereocenters. The third-order valence-electron chi connectivity index (χ3n) is 3.72. The van der Waals surface area contributed by atoms with E-state index in [0.717, 1.165) is 10.5 Å². The highest BCUT2D eigenvalue weighted by atomic mass is 16.5. The van der Waals surface area contributed by atoms with E-state index in [0.29, 0.717) is 0 Å². The smallest absolute Gasteiger partial charge is 0.407 e. The molecule has 0 aromatic heterocycles. The number of rotatable bonds is 4. The molecule has 1 aliphatic rings. The zero-order valence-electron chi connectivity index (χ0n) is 12.3. The Bertz CT molecular complexity index is 577. The second-order valence-corrected chi connectivity index (χ2v) is 5.27. The Labute approximate surface area is 132 Å². The molecule has 2 amide bonds. The van der Waals surface area contributed by atoms with E-state index < -0.39 is 30.1 Å². The molecule has 1 aliphatic heterocycles. The highest BCUT2D eigenvalue weighted by Gasteiger charge is 2.37. The predicted octanol–water partition coefficient (Wildman–Crippen LogP) is 1.37. The minimum atomic E-state index is -1.17. The van der Waals surface area contributed by atoms with Gasteiger partial charge in [0.2, 0.25) is 0 Å². The topological polar surface area (TPSA) is 116 Å². The first-order chi connectivity index (χ1) is 11.0. The van der Waals surface area contributed by atoms with Crippen molar-refractivity contribution in [2.45, 2.75) is 19.1 Å². The molecule has 3 N–H and O–H groups in total. The lowest BCUT2D eigenvalue weighted by atomic mass is 9.92. The number of carbonyl (C=O) groups excluding carboxylic acids is 1. The molecule has 0 bridgehead atoms. The third-order valence-corrected chi connectivity index (χ3v) is 3.72. The fourth-order valence-electron chi connectivity index (χ4n) is 2.46. The summed E-state index contributed by atoms with van der Waals surface area (Å²) in [4.78, 5) is 35.1. The summed E-state index contributed by atoms with van der Waals surface area (Å²) in [6.07, 6.45) is -1.65. The molecule has 8 heteroatoms. The number of nitrogens with zero attached hydrogens (tertiary/aromatic N) is 1. The van der Waals surface area contributed by atoms with Crippen LogP contribution in [-0.2, 0) is 16.1 Å². The molecular formula is C15H18N2O6. The zero-order chi connectivity index (χ0) is 16.8. The molecule has 0 saturated carbocycles. The molecule has 0 radical (unpaired) electrons. The van der Waals surface area contributed by atoms with Gasteiger partial charge in [-0.2, -0.15) is 0 Å². The van der Waals surface area contributed by atoms with Crippen LogP contribution in [0.1, 0.15) is 12.0 Å². The number of carboxylic acids is 1. The van der Waals surface area contributed by atoms with Crippen molar-refractivity contribution >= 4 is 18.2 Å². The Balaban J connectivity index is 1.88. The summed E-state index contributed by atoms with van der Waals surface area (Å²) >= 11 is 0. The maximum atomic E-state index is 11.8. The van der Waals surface area contributed by atoms with Gasteiger partial charge in [-0.15, -0.1) is 0 Å². The van der Waals surface area contributed by atoms with Gasteiger partial charge >= 0.3 is 18.2 Å². The lowest BCUT2D eigenvalue weighted by Gasteiger charge is -2.35. The van der Waals surface area contributed by atoms with Crippen LogP contribution in [0, 0.1) is 5.92 Å². The van der Waals surface area contributed by atoms with Crippen LogP contribution in [-0.4, -0.2) is 52.4 Å². The number of hydrogen-bond acceptors (Lipinski definition) is 4. The van der Waals surface area contributed by atoms with Gasteiger partial charge in [-0.05, 0) is 12.0 Å². The Morgan fingerprint density at radius 3 is 2.52 bits per heavy atom. The summed E-state index contributed by atoms with van der Waals surface area (Å²) < 4.78 is 5.06. The largest absolute Gasteiger partial charge is 0.481 e. The molecule has 1 saturated heterocycles. The van der Waals surface area contributed by atoms with Crippen molar-refractivity contribution in [3.63, 3.8) is 0 Å². The Morgan fingerprint density at radius 1 is 1.22 bits per heavy atom. The number of amides is 2. The Hall–Kier alpha value is -2.77. The summed E-state index contributed by atoms with van der Waals surface area (Å²) in [6, 6.07) is 8.43. The lowest BCUT2D eigenvalue weighted by molar-refractivity contribution is -0.144. The van der Waals surface area contributed by atoms with Crippen molar-refractivity contribution in [1.29, 1.82) is 0 Å². The summed E-state index contributed by atoms with van der Waals surface area (Å²) in [5.74, 6) is -2.14. The van der Waals surface area contributed by atoms with Crippen molar-refractivity contribution < 1.29 is 29.3 Å². The molecule has 1 fully saturated rings. The molecule has 0 spiro atoms. The van der Waals surface area contributed by atoms with E-state index in [1.807, 2.05) is 18.2 Å². The molecule has 0 aliphatic carbocycles. The van der Waals surface area contributed by atoms with Crippen LogP contribution in [0.3, 0.4) is 0 Å². The molecule has 23 heavy (non-hydrogen) atoms. The number of aliphatic carboxylic acids is 1. The number of alkyl carbamates (subject to hydrolysis) is 1. The van der Waals surface area contributed by atoms with Crippen LogP contribution < -0.4 is 5.32 Å². The predicted molar refractivity (Wildman–Crippen MR) is 78.9 cm³/mol. The molecule has 2 rings (SSSR count). The van der Waals surface area contributed by atoms with Crippen LogP contribution in [0.5, 0.6) is 0 Å². The quantitative estimate of drug-likeness (QED) is 0.771. The van der Waals surface area contributed by atoms with E-state index >= 15 is 0 Å². The van der Waals surface area contributed by atoms with E-state index in [9.17, 15) is 19.5 Å². The highest BCUT2D eigenvalue weighted by Crippen LogP contribution is 2.18. The summed E-state index contributed by atoms with van der Waals surface area (Å²) in [6.45, 7) is 0.0927. The van der Waals surface area contributed by atoms with Crippen molar-refractivity contribution in [2.75, 3.05) is 13.1 Å². The Morgan fingerprint density at radius 2 is 1.91 bits per heavy atom. The van der Waals surface area contributed by atoms with Crippen LogP contribution in [0.15, 0.2) is 30.3 Å². The van der Waals surface area contributed by atoms with E-state index in [1.165, 1.54) is 0 Å². The first kappa shape index (κ1) is 16.6. The number of carboxylic acid groups (broad SMARTS) is 2. The molecule has 1 aromatic carbocycles. The number of piperidine rings is 1. The van der Waals surface area contributed by atoms with E-state index in [2.05, 4.69) is 5.32 Å². The average Bonchev–Trinajstić information content (AvgIpc) is 2.54. The molecule has 8 nitrogen and oxygen atoms in total. The van der Waals surface area contributed by atoms with Gasteiger partial charge in [0.25, 0.3) is 0 Å². The van der Waals surface area contributed by atoms with E-state index in [-0.39, 0.29) is 26.1 Å². The number of ether oxygens (including phenoxy) is 1. The van der Waals surface area contributed by atoms with Gasteiger partial charge in [0, 0.05) is 19.1 Å².